The number of benzene rings is 1. The number of carboxylic acids is 1. The highest BCUT2D eigenvalue weighted by Gasteiger charge is 2.34. The highest BCUT2D eigenvalue weighted by molar-refractivity contribution is 9.11. The molecule has 2 atom stereocenters. The molecule has 3 N–H and O–H groups in total. The van der Waals surface area contributed by atoms with Gasteiger partial charge in [-0.2, -0.15) is 0 Å². The van der Waals surface area contributed by atoms with Gasteiger partial charge in [0.15, 0.2) is 0 Å². The number of hydrogen-bond acceptors (Lipinski definition) is 2. The summed E-state index contributed by atoms with van der Waals surface area (Å²) in [7, 11) is 0. The van der Waals surface area contributed by atoms with E-state index in [4.69, 9.17) is 5.11 Å². The Morgan fingerprint density at radius 3 is 2.33 bits per heavy atom. The molecule has 0 saturated heterocycles. The molecule has 2 amide bonds. The zero-order chi connectivity index (χ0) is 15.6. The lowest BCUT2D eigenvalue weighted by Gasteiger charge is -2.19. The number of hydrogen-bond donors (Lipinski definition) is 3. The van der Waals surface area contributed by atoms with Crippen LogP contribution < -0.4 is 10.6 Å². The van der Waals surface area contributed by atoms with Crippen molar-refractivity contribution in [2.45, 2.75) is 25.3 Å². The molecule has 21 heavy (non-hydrogen) atoms. The number of carboxylic acid groups (broad SMARTS) is 1. The third-order valence-corrected chi connectivity index (χ3v) is 5.10. The molecule has 8 heteroatoms. The van der Waals surface area contributed by atoms with Gasteiger partial charge in [0.2, 0.25) is 0 Å². The summed E-state index contributed by atoms with van der Waals surface area (Å²) in [5.74, 6) is -1.36. The van der Waals surface area contributed by atoms with Crippen LogP contribution in [-0.4, -0.2) is 23.1 Å². The monoisotopic (exact) mass is 482 g/mol. The van der Waals surface area contributed by atoms with Crippen LogP contribution in [0.15, 0.2) is 25.6 Å². The van der Waals surface area contributed by atoms with Gasteiger partial charge in [0, 0.05) is 19.5 Å². The minimum Gasteiger partial charge on any atom is -0.481 e. The van der Waals surface area contributed by atoms with E-state index in [1.54, 1.807) is 0 Å². The second-order valence-corrected chi connectivity index (χ2v) is 7.45. The smallest absolute Gasteiger partial charge is 0.319 e. The molecule has 5 nitrogen and oxygen atoms in total. The van der Waals surface area contributed by atoms with Crippen molar-refractivity contribution >= 4 is 65.5 Å². The molecular weight excluding hydrogens is 472 g/mol. The molecule has 0 heterocycles. The van der Waals surface area contributed by atoms with E-state index in [1.807, 2.05) is 12.1 Å². The zero-order valence-corrected chi connectivity index (χ0v) is 15.6. The summed E-state index contributed by atoms with van der Waals surface area (Å²) in [5.41, 5.74) is 0.598. The number of anilines is 1. The van der Waals surface area contributed by atoms with Crippen molar-refractivity contribution in [1.82, 2.24) is 5.32 Å². The van der Waals surface area contributed by atoms with E-state index in [-0.39, 0.29) is 6.04 Å². The van der Waals surface area contributed by atoms with Gasteiger partial charge in [0.25, 0.3) is 0 Å². The molecule has 0 bridgehead atoms. The summed E-state index contributed by atoms with van der Waals surface area (Å²) in [6.07, 6.45) is 2.10. The molecule has 1 fully saturated rings. The summed E-state index contributed by atoms with van der Waals surface area (Å²) in [4.78, 5) is 23.2. The summed E-state index contributed by atoms with van der Waals surface area (Å²) >= 11 is 10.1. The van der Waals surface area contributed by atoms with Gasteiger partial charge in [-0.25, -0.2) is 4.79 Å². The van der Waals surface area contributed by atoms with Gasteiger partial charge < -0.3 is 15.7 Å². The van der Waals surface area contributed by atoms with Gasteiger partial charge in [-0.1, -0.05) is 22.4 Å². The number of nitrogens with one attached hydrogen (secondary N) is 2. The van der Waals surface area contributed by atoms with Crippen molar-refractivity contribution in [2.24, 2.45) is 5.92 Å². The fourth-order valence-corrected chi connectivity index (χ4v) is 4.86. The first kappa shape index (κ1) is 16.8. The predicted octanol–water partition coefficient (Wildman–Crippen LogP) is 4.35. The maximum atomic E-state index is 12.1. The molecule has 0 radical (unpaired) electrons. The Kier molecular flexibility index (Phi) is 5.67. The molecule has 2 rings (SSSR count). The first-order valence-corrected chi connectivity index (χ1v) is 8.71. The molecular formula is C13H13Br3N2O3. The van der Waals surface area contributed by atoms with E-state index in [0.29, 0.717) is 18.5 Å². The van der Waals surface area contributed by atoms with E-state index in [0.717, 1.165) is 19.8 Å². The first-order valence-electron chi connectivity index (χ1n) is 6.33. The lowest BCUT2D eigenvalue weighted by molar-refractivity contribution is -0.142. The third-order valence-electron chi connectivity index (χ3n) is 3.40. The second kappa shape index (κ2) is 7.11. The SMILES string of the molecule is O=C(Nc1c(Br)cc(Br)cc1Br)NC1CCCC1C(=O)O. The average Bonchev–Trinajstić information content (AvgIpc) is 2.82. The van der Waals surface area contributed by atoms with Crippen molar-refractivity contribution in [2.75, 3.05) is 5.32 Å². The van der Waals surface area contributed by atoms with Gasteiger partial charge in [0.05, 0.1) is 11.6 Å². The quantitative estimate of drug-likeness (QED) is 0.597. The minimum absolute atomic E-state index is 0.324. The van der Waals surface area contributed by atoms with Crippen molar-refractivity contribution in [3.63, 3.8) is 0 Å². The van der Waals surface area contributed by atoms with E-state index in [9.17, 15) is 9.59 Å². The Hall–Kier alpha value is -0.600. The van der Waals surface area contributed by atoms with Crippen LogP contribution in [0.1, 0.15) is 19.3 Å². The van der Waals surface area contributed by atoms with Crippen LogP contribution in [0.4, 0.5) is 10.5 Å². The van der Waals surface area contributed by atoms with Crippen LogP contribution in [0.5, 0.6) is 0 Å². The molecule has 0 spiro atoms. The van der Waals surface area contributed by atoms with Crippen LogP contribution in [0.3, 0.4) is 0 Å². The Labute approximate surface area is 147 Å². The van der Waals surface area contributed by atoms with Gasteiger partial charge in [0.1, 0.15) is 0 Å². The predicted molar refractivity (Wildman–Crippen MR) is 90.5 cm³/mol. The summed E-state index contributed by atoms with van der Waals surface area (Å²) < 4.78 is 2.31. The van der Waals surface area contributed by atoms with E-state index < -0.39 is 17.9 Å². The van der Waals surface area contributed by atoms with Crippen molar-refractivity contribution in [3.05, 3.63) is 25.6 Å². The van der Waals surface area contributed by atoms with Crippen LogP contribution in [0.2, 0.25) is 0 Å². The Morgan fingerprint density at radius 2 is 1.76 bits per heavy atom. The molecule has 1 aromatic rings. The lowest BCUT2D eigenvalue weighted by atomic mass is 10.0. The zero-order valence-electron chi connectivity index (χ0n) is 10.8. The number of aliphatic carboxylic acids is 1. The fourth-order valence-electron chi connectivity index (χ4n) is 2.41. The summed E-state index contributed by atoms with van der Waals surface area (Å²) in [6.45, 7) is 0. The van der Waals surface area contributed by atoms with Gasteiger partial charge in [-0.3, -0.25) is 4.79 Å². The maximum absolute atomic E-state index is 12.1. The normalized spacial score (nSPS) is 21.1. The van der Waals surface area contributed by atoms with Crippen LogP contribution in [0, 0.1) is 5.92 Å². The lowest BCUT2D eigenvalue weighted by Crippen LogP contribution is -2.42. The number of rotatable bonds is 3. The standard InChI is InChI=1S/C13H13Br3N2O3/c14-6-4-8(15)11(9(16)5-6)18-13(21)17-10-3-1-2-7(10)12(19)20/h4-5,7,10H,1-3H2,(H,19,20)(H2,17,18,21). The maximum Gasteiger partial charge on any atom is 0.319 e. The molecule has 0 aliphatic heterocycles. The number of carbonyl (C=O) groups excluding carboxylic acids is 1. The molecule has 1 aromatic carbocycles. The molecule has 1 saturated carbocycles. The van der Waals surface area contributed by atoms with Crippen LogP contribution >= 0.6 is 47.8 Å². The molecule has 1 aliphatic carbocycles. The van der Waals surface area contributed by atoms with Gasteiger partial charge in [-0.15, -0.1) is 0 Å². The van der Waals surface area contributed by atoms with Crippen LogP contribution in [-0.2, 0) is 4.79 Å². The number of halogens is 3. The van der Waals surface area contributed by atoms with Crippen molar-refractivity contribution in [3.8, 4) is 0 Å². The Bertz CT molecular complexity index is 557. The molecule has 1 aliphatic rings. The Morgan fingerprint density at radius 1 is 1.14 bits per heavy atom. The van der Waals surface area contributed by atoms with Crippen molar-refractivity contribution < 1.29 is 14.7 Å². The van der Waals surface area contributed by atoms with E-state index in [2.05, 4.69) is 58.4 Å². The fraction of sp³-hybridized carbons (Fsp3) is 0.385. The third kappa shape index (κ3) is 4.20. The van der Waals surface area contributed by atoms with Crippen LogP contribution in [0.25, 0.3) is 0 Å². The number of carbonyl (C=O) groups is 2. The summed E-state index contributed by atoms with van der Waals surface area (Å²) in [5, 5.41) is 14.6. The second-order valence-electron chi connectivity index (χ2n) is 4.83. The van der Waals surface area contributed by atoms with E-state index in [1.165, 1.54) is 0 Å². The number of urea groups is 1. The number of amides is 2. The summed E-state index contributed by atoms with van der Waals surface area (Å²) in [6, 6.07) is 2.90. The Balaban J connectivity index is 2.04. The van der Waals surface area contributed by atoms with Gasteiger partial charge in [-0.05, 0) is 56.8 Å². The van der Waals surface area contributed by atoms with Gasteiger partial charge >= 0.3 is 12.0 Å². The first-order chi connectivity index (χ1) is 9.88. The highest BCUT2D eigenvalue weighted by atomic mass is 79.9. The topological polar surface area (TPSA) is 78.4 Å². The largest absolute Gasteiger partial charge is 0.481 e. The van der Waals surface area contributed by atoms with Crippen molar-refractivity contribution in [1.29, 1.82) is 0 Å². The average molecular weight is 485 g/mol. The van der Waals surface area contributed by atoms with E-state index >= 15 is 0 Å². The minimum atomic E-state index is -0.858. The molecule has 114 valence electrons. The molecule has 2 unspecified atom stereocenters. The molecule has 0 aromatic heterocycles. The highest BCUT2D eigenvalue weighted by Crippen LogP contribution is 2.34.